The standard InChI is InChI=1S/C13H15F2NO/c1-8(2)13(17)16-5-3-4-10-11(15)6-9(14)7-12(10)16/h6-8H,3-5H2,1-2H3. The number of hydrogen-bond donors (Lipinski definition) is 0. The monoisotopic (exact) mass is 239 g/mol. The van der Waals surface area contributed by atoms with Crippen molar-refractivity contribution in [2.45, 2.75) is 26.7 Å². The molecule has 0 radical (unpaired) electrons. The predicted molar refractivity (Wildman–Crippen MR) is 61.9 cm³/mol. The quantitative estimate of drug-likeness (QED) is 0.738. The van der Waals surface area contributed by atoms with E-state index in [-0.39, 0.29) is 11.8 Å². The van der Waals surface area contributed by atoms with Crippen molar-refractivity contribution in [2.24, 2.45) is 5.92 Å². The van der Waals surface area contributed by atoms with Crippen LogP contribution < -0.4 is 4.90 Å². The lowest BCUT2D eigenvalue weighted by Crippen LogP contribution is -2.38. The van der Waals surface area contributed by atoms with E-state index in [0.29, 0.717) is 30.6 Å². The largest absolute Gasteiger partial charge is 0.312 e. The second-order valence-corrected chi connectivity index (χ2v) is 4.63. The molecule has 17 heavy (non-hydrogen) atoms. The van der Waals surface area contributed by atoms with Crippen molar-refractivity contribution in [1.29, 1.82) is 0 Å². The molecule has 0 aliphatic carbocycles. The molecule has 1 heterocycles. The smallest absolute Gasteiger partial charge is 0.229 e. The van der Waals surface area contributed by atoms with E-state index in [0.717, 1.165) is 6.07 Å². The fourth-order valence-corrected chi connectivity index (χ4v) is 2.15. The number of rotatable bonds is 1. The highest BCUT2D eigenvalue weighted by Crippen LogP contribution is 2.31. The van der Waals surface area contributed by atoms with Gasteiger partial charge in [-0.3, -0.25) is 4.79 Å². The molecule has 2 rings (SSSR count). The van der Waals surface area contributed by atoms with Gasteiger partial charge in [-0.25, -0.2) is 8.78 Å². The number of fused-ring (bicyclic) bond motifs is 1. The summed E-state index contributed by atoms with van der Waals surface area (Å²) in [6.45, 7) is 4.10. The Morgan fingerprint density at radius 2 is 2.06 bits per heavy atom. The summed E-state index contributed by atoms with van der Waals surface area (Å²) < 4.78 is 26.8. The molecule has 1 aromatic rings. The number of hydrogen-bond acceptors (Lipinski definition) is 1. The van der Waals surface area contributed by atoms with Crippen LogP contribution >= 0.6 is 0 Å². The first kappa shape index (κ1) is 12.0. The average Bonchev–Trinajstić information content (AvgIpc) is 2.27. The highest BCUT2D eigenvalue weighted by atomic mass is 19.1. The van der Waals surface area contributed by atoms with Crippen molar-refractivity contribution < 1.29 is 13.6 Å². The Kier molecular flexibility index (Phi) is 3.13. The van der Waals surface area contributed by atoms with Crippen LogP contribution in [0, 0.1) is 17.6 Å². The Morgan fingerprint density at radius 3 is 2.71 bits per heavy atom. The molecule has 0 N–H and O–H groups in total. The second kappa shape index (κ2) is 4.43. The number of halogens is 2. The van der Waals surface area contributed by atoms with Crippen molar-refractivity contribution in [1.82, 2.24) is 0 Å². The average molecular weight is 239 g/mol. The van der Waals surface area contributed by atoms with E-state index >= 15 is 0 Å². The molecule has 0 aromatic heterocycles. The molecule has 0 saturated heterocycles. The Labute approximate surface area is 99.2 Å². The fourth-order valence-electron chi connectivity index (χ4n) is 2.15. The summed E-state index contributed by atoms with van der Waals surface area (Å²) in [5.74, 6) is -1.45. The van der Waals surface area contributed by atoms with Crippen molar-refractivity contribution in [3.63, 3.8) is 0 Å². The van der Waals surface area contributed by atoms with Gasteiger partial charge < -0.3 is 4.90 Å². The number of nitrogens with zero attached hydrogens (tertiary/aromatic N) is 1. The number of amides is 1. The molecule has 0 spiro atoms. The van der Waals surface area contributed by atoms with Gasteiger partial charge >= 0.3 is 0 Å². The Bertz CT molecular complexity index is 457. The summed E-state index contributed by atoms with van der Waals surface area (Å²) in [6.07, 6.45) is 1.28. The summed E-state index contributed by atoms with van der Waals surface area (Å²) in [4.78, 5) is 13.5. The third-order valence-electron chi connectivity index (χ3n) is 3.00. The molecule has 0 atom stereocenters. The van der Waals surface area contributed by atoms with Crippen molar-refractivity contribution in [3.8, 4) is 0 Å². The van der Waals surface area contributed by atoms with Crippen LogP contribution in [0.15, 0.2) is 12.1 Å². The van der Waals surface area contributed by atoms with Crippen molar-refractivity contribution in [3.05, 3.63) is 29.3 Å². The Morgan fingerprint density at radius 1 is 1.35 bits per heavy atom. The summed E-state index contributed by atoms with van der Waals surface area (Å²) >= 11 is 0. The maximum absolute atomic E-state index is 13.6. The van der Waals surface area contributed by atoms with Gasteiger partial charge in [0.1, 0.15) is 11.6 Å². The number of benzene rings is 1. The van der Waals surface area contributed by atoms with Crippen LogP contribution in [0.2, 0.25) is 0 Å². The molecule has 0 bridgehead atoms. The first-order valence-corrected chi connectivity index (χ1v) is 5.80. The molecule has 1 aliphatic heterocycles. The predicted octanol–water partition coefficient (Wildman–Crippen LogP) is 2.90. The van der Waals surface area contributed by atoms with Crippen molar-refractivity contribution in [2.75, 3.05) is 11.4 Å². The minimum atomic E-state index is -0.635. The van der Waals surface area contributed by atoms with Crippen LogP contribution in [-0.2, 0) is 11.2 Å². The van der Waals surface area contributed by atoms with Gasteiger partial charge in [0.05, 0.1) is 5.69 Å². The van der Waals surface area contributed by atoms with E-state index in [9.17, 15) is 13.6 Å². The minimum Gasteiger partial charge on any atom is -0.312 e. The summed E-state index contributed by atoms with van der Waals surface area (Å²) in [6, 6.07) is 2.13. The van der Waals surface area contributed by atoms with Crippen LogP contribution in [0.25, 0.3) is 0 Å². The maximum Gasteiger partial charge on any atom is 0.229 e. The van der Waals surface area contributed by atoms with Gasteiger partial charge in [0.15, 0.2) is 0 Å². The Balaban J connectivity index is 2.47. The van der Waals surface area contributed by atoms with E-state index in [4.69, 9.17) is 0 Å². The molecular weight excluding hydrogens is 224 g/mol. The van der Waals surface area contributed by atoms with E-state index < -0.39 is 11.6 Å². The van der Waals surface area contributed by atoms with Crippen molar-refractivity contribution >= 4 is 11.6 Å². The number of carbonyl (C=O) groups is 1. The molecular formula is C13H15F2NO. The summed E-state index contributed by atoms with van der Waals surface area (Å²) in [7, 11) is 0. The number of anilines is 1. The zero-order valence-corrected chi connectivity index (χ0v) is 9.96. The SMILES string of the molecule is CC(C)C(=O)N1CCCc2c(F)cc(F)cc21. The highest BCUT2D eigenvalue weighted by molar-refractivity contribution is 5.95. The van der Waals surface area contributed by atoms with E-state index in [2.05, 4.69) is 0 Å². The first-order valence-electron chi connectivity index (χ1n) is 5.80. The van der Waals surface area contributed by atoms with Gasteiger partial charge in [-0.2, -0.15) is 0 Å². The van der Waals surface area contributed by atoms with Gasteiger partial charge in [-0.05, 0) is 18.9 Å². The third kappa shape index (κ3) is 2.16. The van der Waals surface area contributed by atoms with E-state index in [1.54, 1.807) is 13.8 Å². The highest BCUT2D eigenvalue weighted by Gasteiger charge is 2.26. The lowest BCUT2D eigenvalue weighted by Gasteiger charge is -2.31. The van der Waals surface area contributed by atoms with Gasteiger partial charge in [0.25, 0.3) is 0 Å². The molecule has 4 heteroatoms. The second-order valence-electron chi connectivity index (χ2n) is 4.63. The number of carbonyl (C=O) groups excluding carboxylic acids is 1. The minimum absolute atomic E-state index is 0.0871. The Hall–Kier alpha value is -1.45. The van der Waals surface area contributed by atoms with Gasteiger partial charge in [-0.15, -0.1) is 0 Å². The van der Waals surface area contributed by atoms with Crippen LogP contribution in [0.5, 0.6) is 0 Å². The van der Waals surface area contributed by atoms with Gasteiger partial charge in [0, 0.05) is 24.1 Å². The van der Waals surface area contributed by atoms with Gasteiger partial charge in [0.2, 0.25) is 5.91 Å². The fraction of sp³-hybridized carbons (Fsp3) is 0.462. The van der Waals surface area contributed by atoms with Crippen LogP contribution in [0.3, 0.4) is 0 Å². The molecule has 0 fully saturated rings. The maximum atomic E-state index is 13.6. The van der Waals surface area contributed by atoms with Gasteiger partial charge in [-0.1, -0.05) is 13.8 Å². The lowest BCUT2D eigenvalue weighted by molar-refractivity contribution is -0.121. The molecule has 0 unspecified atom stereocenters. The topological polar surface area (TPSA) is 20.3 Å². The molecule has 1 aliphatic rings. The summed E-state index contributed by atoms with van der Waals surface area (Å²) in [5.41, 5.74) is 0.846. The summed E-state index contributed by atoms with van der Waals surface area (Å²) in [5, 5.41) is 0. The third-order valence-corrected chi connectivity index (χ3v) is 3.00. The first-order chi connectivity index (χ1) is 8.00. The molecule has 92 valence electrons. The molecule has 1 aromatic carbocycles. The molecule has 0 saturated carbocycles. The normalized spacial score (nSPS) is 15.0. The van der Waals surface area contributed by atoms with Crippen LogP contribution in [0.4, 0.5) is 14.5 Å². The zero-order valence-electron chi connectivity index (χ0n) is 9.96. The van der Waals surface area contributed by atoms with Crippen LogP contribution in [-0.4, -0.2) is 12.5 Å². The lowest BCUT2D eigenvalue weighted by atomic mass is 9.99. The van der Waals surface area contributed by atoms with E-state index in [1.165, 1.54) is 11.0 Å². The molecule has 2 nitrogen and oxygen atoms in total. The van der Waals surface area contributed by atoms with Crippen LogP contribution in [0.1, 0.15) is 25.8 Å². The van der Waals surface area contributed by atoms with E-state index in [1.807, 2.05) is 0 Å². The molecule has 1 amide bonds. The zero-order chi connectivity index (χ0) is 12.6.